The van der Waals surface area contributed by atoms with Crippen molar-refractivity contribution in [3.63, 3.8) is 0 Å². The minimum atomic E-state index is -2.82. The summed E-state index contributed by atoms with van der Waals surface area (Å²) in [4.78, 5) is 4.36. The van der Waals surface area contributed by atoms with Crippen molar-refractivity contribution in [1.29, 1.82) is 0 Å². The Morgan fingerprint density at radius 2 is 2.35 bits per heavy atom. The molecule has 1 aliphatic heterocycles. The second-order valence-corrected chi connectivity index (χ2v) is 6.81. The highest BCUT2D eigenvalue weighted by atomic mass is 32.2. The van der Waals surface area contributed by atoms with Crippen LogP contribution in [0.15, 0.2) is 24.4 Å². The van der Waals surface area contributed by atoms with Gasteiger partial charge in [0.05, 0.1) is 11.5 Å². The molecule has 0 spiro atoms. The molecule has 1 aromatic heterocycles. The van der Waals surface area contributed by atoms with Gasteiger partial charge >= 0.3 is 0 Å². The van der Waals surface area contributed by atoms with E-state index in [4.69, 9.17) is 0 Å². The van der Waals surface area contributed by atoms with Crippen LogP contribution in [0.5, 0.6) is 0 Å². The smallest absolute Gasteiger partial charge is 0.150 e. The van der Waals surface area contributed by atoms with Crippen molar-refractivity contribution >= 4 is 9.84 Å². The third-order valence-corrected chi connectivity index (χ3v) is 5.12. The molecule has 0 aliphatic carbocycles. The van der Waals surface area contributed by atoms with Crippen LogP contribution in [-0.4, -0.2) is 38.5 Å². The second-order valence-electron chi connectivity index (χ2n) is 4.58. The van der Waals surface area contributed by atoms with Gasteiger partial charge < -0.3 is 5.32 Å². The quantitative estimate of drug-likeness (QED) is 0.864. The summed E-state index contributed by atoms with van der Waals surface area (Å²) in [5.74, 6) is 1.02. The molecule has 5 heteroatoms. The van der Waals surface area contributed by atoms with E-state index in [1.165, 1.54) is 0 Å². The zero-order valence-corrected chi connectivity index (χ0v) is 10.8. The van der Waals surface area contributed by atoms with Crippen LogP contribution in [0.25, 0.3) is 0 Å². The number of rotatable bonds is 4. The van der Waals surface area contributed by atoms with Gasteiger partial charge in [0.2, 0.25) is 0 Å². The van der Waals surface area contributed by atoms with Gasteiger partial charge in [0.1, 0.15) is 0 Å². The lowest BCUT2D eigenvalue weighted by Gasteiger charge is -2.21. The summed E-state index contributed by atoms with van der Waals surface area (Å²) in [5.41, 5.74) is 0.990. The number of aromatic nitrogens is 1. The summed E-state index contributed by atoms with van der Waals surface area (Å²) in [5, 5.41) is 3.14. The van der Waals surface area contributed by atoms with E-state index in [-0.39, 0.29) is 11.8 Å². The predicted molar refractivity (Wildman–Crippen MR) is 67.7 cm³/mol. The van der Waals surface area contributed by atoms with E-state index >= 15 is 0 Å². The highest BCUT2D eigenvalue weighted by Crippen LogP contribution is 2.31. The Bertz CT molecular complexity index is 459. The summed E-state index contributed by atoms with van der Waals surface area (Å²) in [6.45, 7) is 0.775. The van der Waals surface area contributed by atoms with Gasteiger partial charge in [-0.15, -0.1) is 0 Å². The average Bonchev–Trinajstić information content (AvgIpc) is 2.67. The van der Waals surface area contributed by atoms with Crippen LogP contribution in [0.3, 0.4) is 0 Å². The molecule has 0 radical (unpaired) electrons. The lowest BCUT2D eigenvalue weighted by Crippen LogP contribution is -2.25. The maximum absolute atomic E-state index is 11.5. The van der Waals surface area contributed by atoms with Gasteiger partial charge in [0.25, 0.3) is 0 Å². The van der Waals surface area contributed by atoms with E-state index in [0.29, 0.717) is 11.5 Å². The standard InChI is InChI=1S/C12H18N2O2S/c1-13-8-11(12-4-2-3-6-14-12)10-5-7-17(15,16)9-10/h2-4,6,10-11,13H,5,7-9H2,1H3. The number of pyridine rings is 1. The van der Waals surface area contributed by atoms with Gasteiger partial charge in [-0.3, -0.25) is 4.98 Å². The highest BCUT2D eigenvalue weighted by Gasteiger charge is 2.34. The van der Waals surface area contributed by atoms with Gasteiger partial charge in [-0.25, -0.2) is 8.42 Å². The summed E-state index contributed by atoms with van der Waals surface area (Å²) in [6.07, 6.45) is 2.52. The van der Waals surface area contributed by atoms with Crippen molar-refractivity contribution in [2.45, 2.75) is 12.3 Å². The average molecular weight is 254 g/mol. The monoisotopic (exact) mass is 254 g/mol. The molecule has 0 amide bonds. The Morgan fingerprint density at radius 3 is 2.88 bits per heavy atom. The minimum absolute atomic E-state index is 0.193. The van der Waals surface area contributed by atoms with Crippen molar-refractivity contribution in [2.75, 3.05) is 25.1 Å². The lowest BCUT2D eigenvalue weighted by molar-refractivity contribution is 0.443. The van der Waals surface area contributed by atoms with Crippen LogP contribution in [0.2, 0.25) is 0 Å². The van der Waals surface area contributed by atoms with Crippen molar-refractivity contribution < 1.29 is 8.42 Å². The molecule has 1 aliphatic rings. The molecule has 0 aromatic carbocycles. The van der Waals surface area contributed by atoms with Crippen molar-refractivity contribution in [1.82, 2.24) is 10.3 Å². The maximum Gasteiger partial charge on any atom is 0.150 e. The molecule has 1 fully saturated rings. The fourth-order valence-corrected chi connectivity index (χ4v) is 4.35. The number of sulfone groups is 1. The molecule has 2 unspecified atom stereocenters. The summed E-state index contributed by atoms with van der Waals surface area (Å²) in [7, 11) is -0.934. The first-order valence-electron chi connectivity index (χ1n) is 5.88. The molecule has 1 saturated heterocycles. The van der Waals surface area contributed by atoms with Crippen LogP contribution >= 0.6 is 0 Å². The van der Waals surface area contributed by atoms with Crippen LogP contribution in [0, 0.1) is 5.92 Å². The van der Waals surface area contributed by atoms with Gasteiger partial charge in [0, 0.05) is 24.4 Å². The summed E-state index contributed by atoms with van der Waals surface area (Å²) < 4.78 is 23.1. The number of likely N-dealkylation sites (N-methyl/N-ethyl adjacent to an activating group) is 1. The Balaban J connectivity index is 2.19. The first kappa shape index (κ1) is 12.5. The zero-order valence-electron chi connectivity index (χ0n) is 9.96. The van der Waals surface area contributed by atoms with Gasteiger partial charge in [-0.1, -0.05) is 6.07 Å². The van der Waals surface area contributed by atoms with E-state index in [1.807, 2.05) is 25.2 Å². The number of nitrogens with zero attached hydrogens (tertiary/aromatic N) is 1. The molecule has 0 bridgehead atoms. The first-order valence-corrected chi connectivity index (χ1v) is 7.70. The molecule has 17 heavy (non-hydrogen) atoms. The molecule has 2 rings (SSSR count). The largest absolute Gasteiger partial charge is 0.319 e. The van der Waals surface area contributed by atoms with Crippen LogP contribution in [0.4, 0.5) is 0 Å². The summed E-state index contributed by atoms with van der Waals surface area (Å²) in [6, 6.07) is 5.81. The van der Waals surface area contributed by atoms with Gasteiger partial charge in [-0.2, -0.15) is 0 Å². The third-order valence-electron chi connectivity index (χ3n) is 3.33. The van der Waals surface area contributed by atoms with Crippen LogP contribution in [0.1, 0.15) is 18.0 Å². The molecule has 0 saturated carbocycles. The predicted octanol–water partition coefficient (Wildman–Crippen LogP) is 0.819. The van der Waals surface area contributed by atoms with E-state index in [1.54, 1.807) is 6.20 Å². The van der Waals surface area contributed by atoms with Crippen molar-refractivity contribution in [2.24, 2.45) is 5.92 Å². The fourth-order valence-electron chi connectivity index (χ4n) is 2.47. The molecular weight excluding hydrogens is 236 g/mol. The Labute approximate surface area is 102 Å². The summed E-state index contributed by atoms with van der Waals surface area (Å²) >= 11 is 0. The number of hydrogen-bond donors (Lipinski definition) is 1. The maximum atomic E-state index is 11.5. The van der Waals surface area contributed by atoms with E-state index in [2.05, 4.69) is 10.3 Å². The zero-order chi connectivity index (χ0) is 12.3. The molecule has 1 aromatic rings. The van der Waals surface area contributed by atoms with Gasteiger partial charge in [0.15, 0.2) is 9.84 Å². The van der Waals surface area contributed by atoms with Crippen molar-refractivity contribution in [3.05, 3.63) is 30.1 Å². The molecular formula is C12H18N2O2S. The third kappa shape index (κ3) is 3.04. The lowest BCUT2D eigenvalue weighted by atomic mass is 9.88. The number of hydrogen-bond acceptors (Lipinski definition) is 4. The molecule has 94 valence electrons. The van der Waals surface area contributed by atoms with E-state index in [0.717, 1.165) is 18.7 Å². The SMILES string of the molecule is CNCC(c1ccccn1)C1CCS(=O)(=O)C1. The highest BCUT2D eigenvalue weighted by molar-refractivity contribution is 7.91. The van der Waals surface area contributed by atoms with Gasteiger partial charge in [-0.05, 0) is 31.5 Å². The van der Waals surface area contributed by atoms with E-state index < -0.39 is 9.84 Å². The minimum Gasteiger partial charge on any atom is -0.319 e. The Morgan fingerprint density at radius 1 is 1.53 bits per heavy atom. The van der Waals surface area contributed by atoms with Crippen LogP contribution < -0.4 is 5.32 Å². The van der Waals surface area contributed by atoms with Crippen molar-refractivity contribution in [3.8, 4) is 0 Å². The molecule has 4 nitrogen and oxygen atoms in total. The normalized spacial score (nSPS) is 24.6. The second kappa shape index (κ2) is 5.14. The Hall–Kier alpha value is -0.940. The molecule has 2 heterocycles. The molecule has 1 N–H and O–H groups in total. The topological polar surface area (TPSA) is 59.1 Å². The molecule has 2 atom stereocenters. The number of nitrogens with one attached hydrogen (secondary N) is 1. The fraction of sp³-hybridized carbons (Fsp3) is 0.583. The first-order chi connectivity index (χ1) is 8.12. The Kier molecular flexibility index (Phi) is 3.79. The van der Waals surface area contributed by atoms with Crippen LogP contribution in [-0.2, 0) is 9.84 Å². The van der Waals surface area contributed by atoms with E-state index in [9.17, 15) is 8.42 Å².